The summed E-state index contributed by atoms with van der Waals surface area (Å²) in [6, 6.07) is 0. The maximum atomic E-state index is 10.7. The van der Waals surface area contributed by atoms with Gasteiger partial charge < -0.3 is 5.11 Å². The van der Waals surface area contributed by atoms with Crippen LogP contribution in [0.2, 0.25) is 0 Å². The number of aryl methyl sites for hydroxylation is 2. The van der Waals surface area contributed by atoms with Crippen molar-refractivity contribution in [3.63, 3.8) is 0 Å². The molecule has 1 atom stereocenters. The largest absolute Gasteiger partial charge is 0.389 e. The van der Waals surface area contributed by atoms with Crippen molar-refractivity contribution in [3.05, 3.63) is 15.9 Å². The van der Waals surface area contributed by atoms with Gasteiger partial charge in [0.25, 0.3) is 0 Å². The average molecular weight is 301 g/mol. The SMILES string of the molecule is CCn1nc(C)c(Br)c1CC(C)(O)C1(C)CC1. The first-order valence-corrected chi connectivity index (χ1v) is 7.04. The molecule has 1 aromatic rings. The van der Waals surface area contributed by atoms with E-state index in [9.17, 15) is 5.11 Å². The summed E-state index contributed by atoms with van der Waals surface area (Å²) in [5, 5.41) is 15.1. The predicted molar refractivity (Wildman–Crippen MR) is 72.0 cm³/mol. The minimum atomic E-state index is -0.644. The van der Waals surface area contributed by atoms with Crippen molar-refractivity contribution in [1.82, 2.24) is 9.78 Å². The summed E-state index contributed by atoms with van der Waals surface area (Å²) in [6.07, 6.45) is 2.91. The van der Waals surface area contributed by atoms with E-state index in [1.54, 1.807) is 0 Å². The molecule has 0 saturated heterocycles. The molecule has 17 heavy (non-hydrogen) atoms. The molecule has 2 rings (SSSR count). The van der Waals surface area contributed by atoms with Gasteiger partial charge in [0.2, 0.25) is 0 Å². The average Bonchev–Trinajstić information content (AvgIpc) is 2.96. The monoisotopic (exact) mass is 300 g/mol. The Kier molecular flexibility index (Phi) is 3.15. The first-order valence-electron chi connectivity index (χ1n) is 6.25. The molecule has 3 nitrogen and oxygen atoms in total. The van der Waals surface area contributed by atoms with E-state index >= 15 is 0 Å². The fourth-order valence-electron chi connectivity index (χ4n) is 2.30. The van der Waals surface area contributed by atoms with Crippen LogP contribution < -0.4 is 0 Å². The molecule has 1 aromatic heterocycles. The summed E-state index contributed by atoms with van der Waals surface area (Å²) in [4.78, 5) is 0. The second-order valence-corrected chi connectivity index (χ2v) is 6.47. The molecule has 4 heteroatoms. The van der Waals surface area contributed by atoms with Gasteiger partial charge in [0.05, 0.1) is 21.5 Å². The Bertz CT molecular complexity index is 433. The third kappa shape index (κ3) is 2.17. The van der Waals surface area contributed by atoms with E-state index in [2.05, 4.69) is 34.9 Å². The fraction of sp³-hybridized carbons (Fsp3) is 0.769. The van der Waals surface area contributed by atoms with Gasteiger partial charge in [-0.25, -0.2) is 0 Å². The topological polar surface area (TPSA) is 38.0 Å². The molecule has 1 aliphatic rings. The summed E-state index contributed by atoms with van der Waals surface area (Å²) in [7, 11) is 0. The minimum Gasteiger partial charge on any atom is -0.389 e. The van der Waals surface area contributed by atoms with Crippen LogP contribution in [0.5, 0.6) is 0 Å². The number of hydrogen-bond donors (Lipinski definition) is 1. The zero-order chi connectivity index (χ0) is 12.8. The maximum Gasteiger partial charge on any atom is 0.0738 e. The molecule has 0 bridgehead atoms. The lowest BCUT2D eigenvalue weighted by atomic mass is 9.83. The van der Waals surface area contributed by atoms with Crippen molar-refractivity contribution in [2.75, 3.05) is 0 Å². The molecule has 96 valence electrons. The molecule has 1 saturated carbocycles. The lowest BCUT2D eigenvalue weighted by Gasteiger charge is -2.30. The van der Waals surface area contributed by atoms with Crippen LogP contribution in [0.1, 0.15) is 45.0 Å². The summed E-state index contributed by atoms with van der Waals surface area (Å²) < 4.78 is 3.03. The highest BCUT2D eigenvalue weighted by Gasteiger charge is 2.52. The number of aromatic nitrogens is 2. The third-order valence-electron chi connectivity index (χ3n) is 4.26. The van der Waals surface area contributed by atoms with Gasteiger partial charge in [-0.3, -0.25) is 4.68 Å². The van der Waals surface area contributed by atoms with Gasteiger partial charge in [-0.05, 0) is 55.0 Å². The molecule has 1 unspecified atom stereocenters. The van der Waals surface area contributed by atoms with Crippen LogP contribution >= 0.6 is 15.9 Å². The lowest BCUT2D eigenvalue weighted by molar-refractivity contribution is -0.00883. The van der Waals surface area contributed by atoms with Gasteiger partial charge in [0, 0.05) is 13.0 Å². The molecule has 0 aliphatic heterocycles. The Morgan fingerprint density at radius 3 is 2.59 bits per heavy atom. The number of halogens is 1. The highest BCUT2D eigenvalue weighted by Crippen LogP contribution is 2.54. The molecule has 1 aliphatic carbocycles. The molecule has 0 spiro atoms. The van der Waals surface area contributed by atoms with E-state index in [0.29, 0.717) is 6.42 Å². The first-order chi connectivity index (χ1) is 7.81. The Labute approximate surface area is 111 Å². The minimum absolute atomic E-state index is 0.0865. The Morgan fingerprint density at radius 1 is 1.53 bits per heavy atom. The molecule has 1 fully saturated rings. The maximum absolute atomic E-state index is 10.7. The number of nitrogens with zero attached hydrogens (tertiary/aromatic N) is 2. The molecule has 0 radical (unpaired) electrons. The third-order valence-corrected chi connectivity index (χ3v) is 5.30. The molecule has 0 amide bonds. The molecular formula is C13H21BrN2O. The van der Waals surface area contributed by atoms with Crippen LogP contribution in [-0.4, -0.2) is 20.5 Å². The van der Waals surface area contributed by atoms with E-state index in [0.717, 1.165) is 35.2 Å². The van der Waals surface area contributed by atoms with Crippen molar-refractivity contribution in [1.29, 1.82) is 0 Å². The molecule has 1 N–H and O–H groups in total. The first kappa shape index (κ1) is 13.1. The van der Waals surface area contributed by atoms with E-state index in [1.165, 1.54) is 0 Å². The van der Waals surface area contributed by atoms with E-state index in [1.807, 2.05) is 18.5 Å². The summed E-state index contributed by atoms with van der Waals surface area (Å²) >= 11 is 3.59. The summed E-state index contributed by atoms with van der Waals surface area (Å²) in [5.74, 6) is 0. The quantitative estimate of drug-likeness (QED) is 0.928. The van der Waals surface area contributed by atoms with Gasteiger partial charge in [-0.2, -0.15) is 5.10 Å². The predicted octanol–water partition coefficient (Wildman–Crippen LogP) is 3.07. The van der Waals surface area contributed by atoms with E-state index in [-0.39, 0.29) is 5.41 Å². The van der Waals surface area contributed by atoms with Crippen molar-refractivity contribution >= 4 is 15.9 Å². The Hall–Kier alpha value is -0.350. The summed E-state index contributed by atoms with van der Waals surface area (Å²) in [5.41, 5.74) is 1.56. The van der Waals surface area contributed by atoms with E-state index in [4.69, 9.17) is 0 Å². The van der Waals surface area contributed by atoms with Gasteiger partial charge in [0.1, 0.15) is 0 Å². The number of rotatable bonds is 4. The van der Waals surface area contributed by atoms with Crippen molar-refractivity contribution in [2.24, 2.45) is 5.41 Å². The van der Waals surface area contributed by atoms with Crippen LogP contribution in [0.25, 0.3) is 0 Å². The summed E-state index contributed by atoms with van der Waals surface area (Å²) in [6.45, 7) is 9.03. The van der Waals surface area contributed by atoms with E-state index < -0.39 is 5.60 Å². The van der Waals surface area contributed by atoms with Crippen LogP contribution in [0.4, 0.5) is 0 Å². The normalized spacial score (nSPS) is 21.3. The number of aliphatic hydroxyl groups is 1. The van der Waals surface area contributed by atoms with Crippen LogP contribution in [-0.2, 0) is 13.0 Å². The van der Waals surface area contributed by atoms with Gasteiger partial charge >= 0.3 is 0 Å². The Balaban J connectivity index is 2.29. The molecular weight excluding hydrogens is 280 g/mol. The molecule has 0 aromatic carbocycles. The van der Waals surface area contributed by atoms with Crippen LogP contribution in [0, 0.1) is 12.3 Å². The van der Waals surface area contributed by atoms with Gasteiger partial charge in [-0.15, -0.1) is 0 Å². The van der Waals surface area contributed by atoms with Crippen molar-refractivity contribution in [3.8, 4) is 0 Å². The lowest BCUT2D eigenvalue weighted by Crippen LogP contribution is -2.37. The number of hydrogen-bond acceptors (Lipinski definition) is 2. The van der Waals surface area contributed by atoms with Crippen molar-refractivity contribution in [2.45, 2.75) is 59.1 Å². The smallest absolute Gasteiger partial charge is 0.0738 e. The van der Waals surface area contributed by atoms with Gasteiger partial charge in [0.15, 0.2) is 0 Å². The zero-order valence-corrected chi connectivity index (χ0v) is 12.6. The second-order valence-electron chi connectivity index (χ2n) is 5.67. The second kappa shape index (κ2) is 4.09. The standard InChI is InChI=1S/C13H21BrN2O/c1-5-16-10(11(14)9(2)15-16)8-13(4,17)12(3)6-7-12/h17H,5-8H2,1-4H3. The van der Waals surface area contributed by atoms with Crippen LogP contribution in [0.15, 0.2) is 4.47 Å². The van der Waals surface area contributed by atoms with Crippen LogP contribution in [0.3, 0.4) is 0 Å². The fourth-order valence-corrected chi connectivity index (χ4v) is 2.73. The highest BCUT2D eigenvalue weighted by atomic mass is 79.9. The zero-order valence-electron chi connectivity index (χ0n) is 11.0. The Morgan fingerprint density at radius 2 is 2.12 bits per heavy atom. The highest BCUT2D eigenvalue weighted by molar-refractivity contribution is 9.10. The van der Waals surface area contributed by atoms with Gasteiger partial charge in [-0.1, -0.05) is 6.92 Å². The molecule has 1 heterocycles. The van der Waals surface area contributed by atoms with Crippen molar-refractivity contribution < 1.29 is 5.11 Å².